The fraction of sp³-hybridized carbons (Fsp3) is 0.302. The predicted molar refractivity (Wildman–Crippen MR) is 236 cm³/mol. The number of aromatic hydroxyl groups is 2. The Morgan fingerprint density at radius 2 is 0.917 bits per heavy atom. The molecule has 4 heterocycles. The van der Waals surface area contributed by atoms with Gasteiger partial charge in [-0.1, -0.05) is 0 Å². The molecule has 4 N–H and O–H groups in total. The van der Waals surface area contributed by atoms with Crippen molar-refractivity contribution in [3.63, 3.8) is 0 Å². The zero-order valence-corrected chi connectivity index (χ0v) is 33.9. The molecule has 8 rings (SSSR count). The van der Waals surface area contributed by atoms with Crippen molar-refractivity contribution in [3.05, 3.63) is 123 Å². The van der Waals surface area contributed by atoms with Gasteiger partial charge in [0, 0.05) is 63.7 Å². The molecule has 0 fully saturated rings. The molecular formula is C43H45N9O8. The van der Waals surface area contributed by atoms with Crippen molar-refractivity contribution in [2.24, 2.45) is 0 Å². The SMILES string of the molecule is CN(C)CCn1c(=O)c2ccc(NCCN(C)CCNc3ccc4c(=O)n(CCN(C)C)c(=O)n5c6ccc(O)cc6c(=O)c3c45)c3c(=O)c4cc(O)ccc4n(c1=O)c23. The number of nitrogens with zero attached hydrogens (tertiary/aromatic N) is 7. The van der Waals surface area contributed by atoms with Crippen LogP contribution in [0.25, 0.3) is 54.4 Å². The maximum Gasteiger partial charge on any atom is 0.336 e. The molecule has 0 aliphatic rings. The Kier molecular flexibility index (Phi) is 10.3. The molecule has 60 heavy (non-hydrogen) atoms. The number of nitrogens with one attached hydrogen (secondary N) is 2. The van der Waals surface area contributed by atoms with E-state index >= 15 is 0 Å². The van der Waals surface area contributed by atoms with E-state index in [2.05, 4.69) is 10.6 Å². The number of hydrogen-bond donors (Lipinski definition) is 4. The average molecular weight is 816 g/mol. The molecule has 8 aromatic rings. The molecule has 0 amide bonds. The molecule has 310 valence electrons. The van der Waals surface area contributed by atoms with Crippen LogP contribution in [0, 0.1) is 0 Å². The van der Waals surface area contributed by atoms with E-state index < -0.39 is 33.4 Å². The minimum atomic E-state index is -0.579. The Labute approximate surface area is 340 Å². The van der Waals surface area contributed by atoms with Gasteiger partial charge in [0.05, 0.1) is 54.4 Å². The van der Waals surface area contributed by atoms with Crippen LogP contribution in [0.1, 0.15) is 0 Å². The van der Waals surface area contributed by atoms with Gasteiger partial charge in [-0.05, 0) is 95.9 Å². The minimum Gasteiger partial charge on any atom is -0.508 e. The molecule has 0 unspecified atom stereocenters. The van der Waals surface area contributed by atoms with Crippen molar-refractivity contribution in [1.82, 2.24) is 32.6 Å². The Morgan fingerprint density at radius 3 is 1.30 bits per heavy atom. The number of anilines is 2. The Balaban J connectivity index is 1.07. The summed E-state index contributed by atoms with van der Waals surface area (Å²) >= 11 is 0. The van der Waals surface area contributed by atoms with Crippen LogP contribution in [0.3, 0.4) is 0 Å². The summed E-state index contributed by atoms with van der Waals surface area (Å²) < 4.78 is 5.10. The standard InChI is InChI=1S/C43H45N9O8/c1-46(2)18-20-49-40(57)26-8-10-30(34-36(26)51(42(49)59)32-12-6-24(53)22-28(32)38(34)55)44-14-16-48(5)17-15-45-31-11-9-27-37-35(31)39(56)29-23-25(54)7-13-33(29)52(37)43(60)50(41(27)58)21-19-47(3)4/h6-13,22-23,44-45,53-54H,14-21H2,1-5H3. The fourth-order valence-electron chi connectivity index (χ4n) is 8.03. The van der Waals surface area contributed by atoms with E-state index in [1.807, 2.05) is 49.9 Å². The van der Waals surface area contributed by atoms with Crippen molar-refractivity contribution in [3.8, 4) is 11.5 Å². The third kappa shape index (κ3) is 6.65. The van der Waals surface area contributed by atoms with Crippen molar-refractivity contribution in [1.29, 1.82) is 0 Å². The molecule has 0 aliphatic heterocycles. The van der Waals surface area contributed by atoms with Crippen LogP contribution < -0.4 is 44.0 Å². The quantitative estimate of drug-likeness (QED) is 0.0911. The molecule has 4 aromatic heterocycles. The molecule has 0 aliphatic carbocycles. The van der Waals surface area contributed by atoms with Crippen molar-refractivity contribution in [2.45, 2.75) is 13.1 Å². The van der Waals surface area contributed by atoms with E-state index in [0.717, 1.165) is 0 Å². The summed E-state index contributed by atoms with van der Waals surface area (Å²) in [7, 11) is 9.27. The monoisotopic (exact) mass is 815 g/mol. The lowest BCUT2D eigenvalue weighted by Crippen LogP contribution is -2.40. The van der Waals surface area contributed by atoms with Crippen LogP contribution in [-0.4, -0.2) is 117 Å². The minimum absolute atomic E-state index is 0.133. The summed E-state index contributed by atoms with van der Waals surface area (Å²) in [4.78, 5) is 89.1. The zero-order chi connectivity index (χ0) is 42.7. The predicted octanol–water partition coefficient (Wildman–Crippen LogP) is 1.43. The normalized spacial score (nSPS) is 12.3. The molecular weight excluding hydrogens is 771 g/mol. The number of hydrogen-bond acceptors (Lipinski definition) is 13. The third-order valence-corrected chi connectivity index (χ3v) is 11.1. The number of benzene rings is 4. The molecule has 0 saturated carbocycles. The molecule has 0 bridgehead atoms. The summed E-state index contributed by atoms with van der Waals surface area (Å²) in [6.45, 7) is 2.90. The van der Waals surface area contributed by atoms with E-state index in [-0.39, 0.29) is 79.0 Å². The van der Waals surface area contributed by atoms with Gasteiger partial charge in [-0.15, -0.1) is 0 Å². The fourth-order valence-corrected chi connectivity index (χ4v) is 8.03. The van der Waals surface area contributed by atoms with Gasteiger partial charge in [0.1, 0.15) is 11.5 Å². The second-order valence-corrected chi connectivity index (χ2v) is 15.7. The molecule has 0 atom stereocenters. The summed E-state index contributed by atoms with van der Waals surface area (Å²) in [5.41, 5.74) is -1.15. The van der Waals surface area contributed by atoms with Gasteiger partial charge in [0.2, 0.25) is 0 Å². The number of likely N-dealkylation sites (N-methyl/N-ethyl adjacent to an activating group) is 3. The second kappa shape index (κ2) is 15.4. The zero-order valence-electron chi connectivity index (χ0n) is 33.9. The molecule has 0 radical (unpaired) electrons. The highest BCUT2D eigenvalue weighted by Gasteiger charge is 2.23. The van der Waals surface area contributed by atoms with E-state index in [4.69, 9.17) is 0 Å². The number of phenolic OH excluding ortho intramolecular Hbond substituents is 2. The largest absolute Gasteiger partial charge is 0.508 e. The lowest BCUT2D eigenvalue weighted by Gasteiger charge is -2.20. The summed E-state index contributed by atoms with van der Waals surface area (Å²) in [5, 5.41) is 28.3. The Bertz CT molecular complexity index is 3150. The van der Waals surface area contributed by atoms with E-state index in [9.17, 15) is 39.0 Å². The Morgan fingerprint density at radius 1 is 0.517 bits per heavy atom. The highest BCUT2D eigenvalue weighted by molar-refractivity contribution is 6.09. The van der Waals surface area contributed by atoms with Gasteiger partial charge < -0.3 is 35.5 Å². The lowest BCUT2D eigenvalue weighted by atomic mass is 10.0. The first-order valence-electron chi connectivity index (χ1n) is 19.5. The topological polar surface area (TPSA) is 195 Å². The van der Waals surface area contributed by atoms with E-state index in [0.29, 0.717) is 50.6 Å². The van der Waals surface area contributed by atoms with Crippen LogP contribution in [0.4, 0.5) is 11.4 Å². The van der Waals surface area contributed by atoms with Gasteiger partial charge in [-0.25, -0.2) is 9.59 Å². The summed E-state index contributed by atoms with van der Waals surface area (Å²) in [6, 6.07) is 15.0. The van der Waals surface area contributed by atoms with Crippen molar-refractivity contribution in [2.75, 3.05) is 85.1 Å². The van der Waals surface area contributed by atoms with Gasteiger partial charge in [-0.2, -0.15) is 0 Å². The molecule has 0 saturated heterocycles. The summed E-state index contributed by atoms with van der Waals surface area (Å²) in [5.74, 6) is -0.266. The molecule has 0 spiro atoms. The highest BCUT2D eigenvalue weighted by atomic mass is 16.3. The molecule has 17 heteroatoms. The van der Waals surface area contributed by atoms with Gasteiger partial charge >= 0.3 is 11.4 Å². The number of pyridine rings is 2. The average Bonchev–Trinajstić information content (AvgIpc) is 3.20. The van der Waals surface area contributed by atoms with Crippen LogP contribution >= 0.6 is 0 Å². The first kappa shape index (κ1) is 40.0. The first-order chi connectivity index (χ1) is 28.7. The molecule has 4 aromatic carbocycles. The van der Waals surface area contributed by atoms with E-state index in [1.165, 1.54) is 54.3 Å². The van der Waals surface area contributed by atoms with E-state index in [1.54, 1.807) is 24.3 Å². The van der Waals surface area contributed by atoms with Crippen LogP contribution in [0.15, 0.2) is 89.4 Å². The first-order valence-corrected chi connectivity index (χ1v) is 19.5. The smallest absolute Gasteiger partial charge is 0.336 e. The van der Waals surface area contributed by atoms with Gasteiger partial charge in [0.25, 0.3) is 11.1 Å². The third-order valence-electron chi connectivity index (χ3n) is 11.1. The van der Waals surface area contributed by atoms with Gasteiger partial charge in [0.15, 0.2) is 10.9 Å². The maximum absolute atomic E-state index is 14.1. The maximum atomic E-state index is 14.1. The lowest BCUT2D eigenvalue weighted by molar-refractivity contribution is 0.361. The number of fused-ring (bicyclic) bond motifs is 4. The van der Waals surface area contributed by atoms with Crippen molar-refractivity contribution >= 4 is 65.8 Å². The van der Waals surface area contributed by atoms with Crippen LogP contribution in [-0.2, 0) is 13.1 Å². The number of aromatic nitrogens is 4. The molecule has 17 nitrogen and oxygen atoms in total. The van der Waals surface area contributed by atoms with Gasteiger partial charge in [-0.3, -0.25) is 37.1 Å². The number of rotatable bonds is 14. The highest BCUT2D eigenvalue weighted by Crippen LogP contribution is 2.29. The Hall–Kier alpha value is -6.82. The number of phenols is 2. The van der Waals surface area contributed by atoms with Crippen LogP contribution in [0.5, 0.6) is 11.5 Å². The second-order valence-electron chi connectivity index (χ2n) is 15.7. The summed E-state index contributed by atoms with van der Waals surface area (Å²) in [6.07, 6.45) is 0. The van der Waals surface area contributed by atoms with Crippen LogP contribution in [0.2, 0.25) is 0 Å². The van der Waals surface area contributed by atoms with Crippen molar-refractivity contribution < 1.29 is 10.2 Å².